The molecule has 20 heavy (non-hydrogen) atoms. The number of carbonyl (C=O) groups is 4. The minimum atomic E-state index is -4.64. The molecule has 16 heteroatoms. The van der Waals surface area contributed by atoms with Crippen molar-refractivity contribution >= 4 is 31.7 Å². The second kappa shape index (κ2) is 17.8. The first-order valence-electron chi connectivity index (χ1n) is 2.99. The van der Waals surface area contributed by atoms with Crippen LogP contribution in [-0.4, -0.2) is 59.0 Å². The van der Waals surface area contributed by atoms with Crippen LogP contribution in [0.2, 0.25) is 0 Å². The summed E-state index contributed by atoms with van der Waals surface area (Å²) in [7, 11) is -4.64. The van der Waals surface area contributed by atoms with E-state index in [1.54, 1.807) is 0 Å². The molecule has 0 atom stereocenters. The second-order valence-corrected chi connectivity index (χ2v) is 2.76. The van der Waals surface area contributed by atoms with Crippen LogP contribution in [-0.2, 0) is 23.7 Å². The largest absolute Gasteiger partial charge is 1.00 e. The first-order chi connectivity index (χ1) is 7.29. The van der Waals surface area contributed by atoms with Gasteiger partial charge in [0.15, 0.2) is 0 Å². The molecule has 0 bridgehead atoms. The Morgan fingerprint density at radius 2 is 0.700 bits per heavy atom. The van der Waals surface area contributed by atoms with Crippen molar-refractivity contribution in [3.05, 3.63) is 0 Å². The van der Waals surface area contributed by atoms with Crippen molar-refractivity contribution in [1.29, 1.82) is 0 Å². The smallest absolute Gasteiger partial charge is 1.00 e. The molecule has 12 nitrogen and oxygen atoms in total. The van der Waals surface area contributed by atoms with E-state index < -0.39 is 31.7 Å². The molecule has 0 unspecified atom stereocenters. The third-order valence-electron chi connectivity index (χ3n) is 0.366. The molecule has 0 heterocycles. The Morgan fingerprint density at radius 1 is 0.650 bits per heavy atom. The van der Waals surface area contributed by atoms with E-state index in [0.717, 1.165) is 0 Å². The summed E-state index contributed by atoms with van der Waals surface area (Å²) in [5.74, 6) is -7.30. The molecule has 118 valence electrons. The van der Waals surface area contributed by atoms with E-state index in [0.29, 0.717) is 0 Å². The molecule has 0 aliphatic heterocycles. The van der Waals surface area contributed by atoms with Gasteiger partial charge < -0.3 is 36.5 Å². The van der Waals surface area contributed by atoms with Crippen LogP contribution in [0.4, 0.5) is 9.41 Å². The molecule has 0 radical (unpaired) electrons. The maximum atomic E-state index is 9.10. The molecule has 0 aliphatic rings. The van der Waals surface area contributed by atoms with Crippen LogP contribution in [0.25, 0.3) is 0 Å². The molecular formula is C4H10F2NaO12P. The summed E-state index contributed by atoms with van der Waals surface area (Å²) in [6.45, 7) is 0. The normalized spacial score (nSPS) is 7.35. The number of phosphoric acid groups is 1. The van der Waals surface area contributed by atoms with Crippen LogP contribution in [0.15, 0.2) is 0 Å². The Hall–Kier alpha value is -1.15. The van der Waals surface area contributed by atoms with Crippen molar-refractivity contribution in [3.8, 4) is 0 Å². The van der Waals surface area contributed by atoms with Gasteiger partial charge in [-0.1, -0.05) is 0 Å². The van der Waals surface area contributed by atoms with Gasteiger partial charge in [0.2, 0.25) is 0 Å². The Morgan fingerprint density at radius 3 is 0.700 bits per heavy atom. The van der Waals surface area contributed by atoms with Crippen molar-refractivity contribution < 1.29 is 99.2 Å². The fourth-order valence-electron chi connectivity index (χ4n) is 0. The van der Waals surface area contributed by atoms with Crippen LogP contribution in [0.1, 0.15) is 1.43 Å². The second-order valence-electron chi connectivity index (χ2n) is 1.73. The Labute approximate surface area is 131 Å². The molecule has 7 N–H and O–H groups in total. The van der Waals surface area contributed by atoms with Gasteiger partial charge in [0.05, 0.1) is 0 Å². The standard InChI is InChI=1S/2C2H2O4.2FH.Na.H3O4P.H/c2*3-1(4)2(5)6;;;;1-5(2,3)4;/h2*(H,3,4)(H,5,6);2*1H;;(H3,1,2,3,4);/q;;;;+1;;-1. The van der Waals surface area contributed by atoms with E-state index in [1.165, 1.54) is 0 Å². The zero-order chi connectivity index (χ0) is 14.8. The number of carboxylic acids is 4. The molecule has 0 aromatic heterocycles. The number of halogens is 2. The minimum absolute atomic E-state index is 0. The van der Waals surface area contributed by atoms with Gasteiger partial charge in [-0.3, -0.25) is 9.41 Å². The van der Waals surface area contributed by atoms with E-state index in [2.05, 4.69) is 0 Å². The number of carboxylic acid groups (broad SMARTS) is 4. The van der Waals surface area contributed by atoms with Gasteiger partial charge in [-0.15, -0.1) is 0 Å². The third kappa shape index (κ3) is 90.2. The molecule has 0 rings (SSSR count). The molecule has 0 fully saturated rings. The fraction of sp³-hybridized carbons (Fsp3) is 0. The van der Waals surface area contributed by atoms with E-state index in [1.807, 2.05) is 0 Å². The first kappa shape index (κ1) is 36.4. The van der Waals surface area contributed by atoms with Gasteiger partial charge in [-0.25, -0.2) is 23.7 Å². The molecule has 0 aromatic rings. The van der Waals surface area contributed by atoms with E-state index >= 15 is 0 Å². The van der Waals surface area contributed by atoms with Crippen molar-refractivity contribution in [3.63, 3.8) is 0 Å². The first-order valence-corrected chi connectivity index (χ1v) is 4.56. The summed E-state index contributed by atoms with van der Waals surface area (Å²) in [6.07, 6.45) is 0. The maximum absolute atomic E-state index is 9.10. The van der Waals surface area contributed by atoms with Crippen LogP contribution >= 0.6 is 7.82 Å². The van der Waals surface area contributed by atoms with Crippen molar-refractivity contribution in [1.82, 2.24) is 0 Å². The summed E-state index contributed by atoms with van der Waals surface area (Å²) < 4.78 is 8.88. The van der Waals surface area contributed by atoms with Gasteiger partial charge in [0.1, 0.15) is 0 Å². The summed E-state index contributed by atoms with van der Waals surface area (Å²) >= 11 is 0. The predicted octanol–water partition coefficient (Wildman–Crippen LogP) is -5.20. The zero-order valence-corrected chi connectivity index (χ0v) is 12.3. The summed E-state index contributed by atoms with van der Waals surface area (Å²) in [6, 6.07) is 0. The Balaban J connectivity index is -0.0000000257. The van der Waals surface area contributed by atoms with Crippen molar-refractivity contribution in [2.24, 2.45) is 0 Å². The quantitative estimate of drug-likeness (QED) is 0.124. The average molecular weight is 342 g/mol. The summed E-state index contributed by atoms with van der Waals surface area (Å²) in [5, 5.41) is 29.6. The van der Waals surface area contributed by atoms with E-state index in [4.69, 9.17) is 58.8 Å². The van der Waals surface area contributed by atoms with Crippen LogP contribution < -0.4 is 29.6 Å². The van der Waals surface area contributed by atoms with Gasteiger partial charge >= 0.3 is 61.3 Å². The van der Waals surface area contributed by atoms with Crippen molar-refractivity contribution in [2.75, 3.05) is 0 Å². The van der Waals surface area contributed by atoms with E-state index in [9.17, 15) is 0 Å². The minimum Gasteiger partial charge on any atom is -1.00 e. The number of rotatable bonds is 0. The number of hydrogen-bond donors (Lipinski definition) is 7. The summed E-state index contributed by atoms with van der Waals surface area (Å²) in [4.78, 5) is 58.0. The Bertz CT molecular complexity index is 301. The fourth-order valence-corrected chi connectivity index (χ4v) is 0. The number of aliphatic carboxylic acids is 4. The molecule has 0 aliphatic carbocycles. The van der Waals surface area contributed by atoms with Crippen molar-refractivity contribution in [2.45, 2.75) is 0 Å². The molecular weight excluding hydrogens is 332 g/mol. The Kier molecular flexibility index (Phi) is 32.5. The van der Waals surface area contributed by atoms with Gasteiger partial charge in [0, 0.05) is 0 Å². The molecule has 0 amide bonds. The van der Waals surface area contributed by atoms with Crippen LogP contribution in [0.5, 0.6) is 0 Å². The maximum Gasteiger partial charge on any atom is 1.00 e. The van der Waals surface area contributed by atoms with Gasteiger partial charge in [-0.2, -0.15) is 0 Å². The SMILES string of the molecule is F.F.O=C(O)C(=O)O.O=C(O)C(=O)O.O=P(O)(O)O.[H-].[Na+]. The summed E-state index contributed by atoms with van der Waals surface area (Å²) in [5.41, 5.74) is 0. The molecule has 0 saturated heterocycles. The monoisotopic (exact) mass is 342 g/mol. The third-order valence-corrected chi connectivity index (χ3v) is 0.366. The predicted molar refractivity (Wildman–Crippen MR) is 50.9 cm³/mol. The average Bonchev–Trinajstić information content (AvgIpc) is 2.01. The molecule has 0 spiro atoms. The number of hydrogen-bond acceptors (Lipinski definition) is 5. The van der Waals surface area contributed by atoms with Gasteiger partial charge in [0.25, 0.3) is 0 Å². The van der Waals surface area contributed by atoms with Crippen LogP contribution in [0, 0.1) is 0 Å². The van der Waals surface area contributed by atoms with Gasteiger partial charge in [-0.05, 0) is 0 Å². The molecule has 0 aromatic carbocycles. The van der Waals surface area contributed by atoms with E-state index in [-0.39, 0.29) is 40.4 Å². The van der Waals surface area contributed by atoms with Crippen LogP contribution in [0.3, 0.4) is 0 Å². The molecule has 0 saturated carbocycles. The zero-order valence-electron chi connectivity index (χ0n) is 10.4. The topological polar surface area (TPSA) is 227 Å².